The Kier molecular flexibility index (Phi) is 45.2. The number of rotatable bonds is 45. The van der Waals surface area contributed by atoms with E-state index in [1.165, 1.54) is 154 Å². The molecule has 0 bridgehead atoms. The highest BCUT2D eigenvalue weighted by atomic mass is 16.5. The maximum absolute atomic E-state index is 12.4. The maximum Gasteiger partial charge on any atom is 0.305 e. The fraction of sp³-hybridized carbons (Fsp3) is 0.843. The van der Waals surface area contributed by atoms with Gasteiger partial charge in [-0.1, -0.05) is 211 Å². The van der Waals surface area contributed by atoms with Crippen LogP contribution in [0, 0.1) is 0 Å². The number of allylic oxidation sites excluding steroid dienone is 5. The maximum atomic E-state index is 12.4. The number of amides is 1. The van der Waals surface area contributed by atoms with Gasteiger partial charge in [0, 0.05) is 12.8 Å². The molecular formula is C51H95NO5. The summed E-state index contributed by atoms with van der Waals surface area (Å²) < 4.78 is 5.44. The second-order valence-corrected chi connectivity index (χ2v) is 16.8. The molecule has 0 fully saturated rings. The van der Waals surface area contributed by atoms with Crippen LogP contribution in [0.5, 0.6) is 0 Å². The third-order valence-electron chi connectivity index (χ3n) is 11.2. The molecular weight excluding hydrogens is 707 g/mol. The summed E-state index contributed by atoms with van der Waals surface area (Å²) in [7, 11) is 0. The summed E-state index contributed by atoms with van der Waals surface area (Å²) in [6.07, 6.45) is 55.6. The molecule has 6 heteroatoms. The van der Waals surface area contributed by atoms with Gasteiger partial charge in [0.05, 0.1) is 25.4 Å². The van der Waals surface area contributed by atoms with Crippen molar-refractivity contribution in [2.45, 2.75) is 264 Å². The van der Waals surface area contributed by atoms with E-state index in [2.05, 4.69) is 43.5 Å². The standard InChI is InChI=1S/C51H95NO5/c1-3-5-7-9-11-13-15-17-19-21-22-24-27-31-35-39-43-49(54)48(47-53)52-50(55)44-40-36-32-28-26-30-34-38-42-46-57-51(56)45-41-37-33-29-25-23-20-18-16-14-12-10-8-6-4-2/h12,14,18,20,39,43,48-49,53-54H,3-11,13,15-17,19,21-38,40-42,44-47H2,1-2H3,(H,52,55)/b14-12-,20-18-,43-39+. The molecule has 3 N–H and O–H groups in total. The molecule has 0 aromatic heterocycles. The summed E-state index contributed by atoms with van der Waals surface area (Å²) in [6.45, 7) is 4.80. The minimum atomic E-state index is -0.863. The van der Waals surface area contributed by atoms with Gasteiger partial charge in [-0.25, -0.2) is 0 Å². The van der Waals surface area contributed by atoms with Gasteiger partial charge in [0.25, 0.3) is 0 Å². The Balaban J connectivity index is 3.55. The second-order valence-electron chi connectivity index (χ2n) is 16.8. The largest absolute Gasteiger partial charge is 0.466 e. The Morgan fingerprint density at radius 3 is 1.37 bits per heavy atom. The third kappa shape index (κ3) is 43.5. The third-order valence-corrected chi connectivity index (χ3v) is 11.2. The van der Waals surface area contributed by atoms with Gasteiger partial charge in [0.15, 0.2) is 0 Å². The highest BCUT2D eigenvalue weighted by Gasteiger charge is 2.18. The van der Waals surface area contributed by atoms with E-state index in [9.17, 15) is 19.8 Å². The molecule has 0 aromatic carbocycles. The van der Waals surface area contributed by atoms with Crippen LogP contribution in [-0.2, 0) is 14.3 Å². The highest BCUT2D eigenvalue weighted by Crippen LogP contribution is 2.15. The van der Waals surface area contributed by atoms with Crippen molar-refractivity contribution in [2.75, 3.05) is 13.2 Å². The van der Waals surface area contributed by atoms with Gasteiger partial charge >= 0.3 is 5.97 Å². The molecule has 0 saturated carbocycles. The molecule has 0 radical (unpaired) electrons. The first-order valence-corrected chi connectivity index (χ1v) is 24.8. The lowest BCUT2D eigenvalue weighted by atomic mass is 10.0. The van der Waals surface area contributed by atoms with E-state index >= 15 is 0 Å². The van der Waals surface area contributed by atoms with Crippen LogP contribution in [0.4, 0.5) is 0 Å². The summed E-state index contributed by atoms with van der Waals surface area (Å²) in [5.41, 5.74) is 0. The molecule has 0 aromatic rings. The summed E-state index contributed by atoms with van der Waals surface area (Å²) in [5, 5.41) is 23.0. The number of carbonyl (C=O) groups excluding carboxylic acids is 2. The van der Waals surface area contributed by atoms with Crippen LogP contribution in [-0.4, -0.2) is 47.4 Å². The molecule has 57 heavy (non-hydrogen) atoms. The monoisotopic (exact) mass is 802 g/mol. The van der Waals surface area contributed by atoms with Crippen LogP contribution in [0.2, 0.25) is 0 Å². The van der Waals surface area contributed by atoms with Crippen molar-refractivity contribution in [3.05, 3.63) is 36.5 Å². The van der Waals surface area contributed by atoms with Gasteiger partial charge in [-0.05, 0) is 64.2 Å². The molecule has 0 aliphatic heterocycles. The number of aliphatic hydroxyl groups is 2. The molecule has 0 spiro atoms. The lowest BCUT2D eigenvalue weighted by molar-refractivity contribution is -0.143. The Bertz CT molecular complexity index is 931. The van der Waals surface area contributed by atoms with Crippen molar-refractivity contribution in [1.29, 1.82) is 0 Å². The molecule has 0 aliphatic rings. The van der Waals surface area contributed by atoms with Crippen LogP contribution in [0.1, 0.15) is 251 Å². The second kappa shape index (κ2) is 46.8. The van der Waals surface area contributed by atoms with Crippen LogP contribution >= 0.6 is 0 Å². The zero-order valence-corrected chi connectivity index (χ0v) is 37.8. The average Bonchev–Trinajstić information content (AvgIpc) is 3.21. The van der Waals surface area contributed by atoms with Crippen molar-refractivity contribution >= 4 is 11.9 Å². The minimum absolute atomic E-state index is 0.0418. The predicted molar refractivity (Wildman–Crippen MR) is 246 cm³/mol. The van der Waals surface area contributed by atoms with Crippen LogP contribution in [0.25, 0.3) is 0 Å². The van der Waals surface area contributed by atoms with Crippen molar-refractivity contribution in [3.63, 3.8) is 0 Å². The van der Waals surface area contributed by atoms with E-state index in [4.69, 9.17) is 4.74 Å². The number of esters is 1. The lowest BCUT2D eigenvalue weighted by Gasteiger charge is -2.20. The number of ether oxygens (including phenoxy) is 1. The molecule has 1 amide bonds. The lowest BCUT2D eigenvalue weighted by Crippen LogP contribution is -2.45. The number of unbranched alkanes of at least 4 members (excludes halogenated alkanes) is 30. The van der Waals surface area contributed by atoms with Gasteiger partial charge in [-0.2, -0.15) is 0 Å². The zero-order valence-electron chi connectivity index (χ0n) is 37.8. The SMILES string of the molecule is CCCCC/C=C\C/C=C\CCCCCCCC(=O)OCCCCCCCCCCCC(=O)NC(CO)C(O)/C=C/CCCCCCCCCCCCCCCC. The number of carbonyl (C=O) groups is 2. The first-order chi connectivity index (χ1) is 28.0. The molecule has 334 valence electrons. The fourth-order valence-electron chi connectivity index (χ4n) is 7.31. The van der Waals surface area contributed by atoms with E-state index in [0.29, 0.717) is 19.4 Å². The topological polar surface area (TPSA) is 95.9 Å². The van der Waals surface area contributed by atoms with Crippen molar-refractivity contribution in [3.8, 4) is 0 Å². The van der Waals surface area contributed by atoms with Gasteiger partial charge in [-0.15, -0.1) is 0 Å². The molecule has 0 saturated heterocycles. The quantitative estimate of drug-likeness (QED) is 0.0324. The first-order valence-electron chi connectivity index (χ1n) is 24.8. The van der Waals surface area contributed by atoms with Gasteiger partial charge in [0.1, 0.15) is 0 Å². The first kappa shape index (κ1) is 55.1. The van der Waals surface area contributed by atoms with Gasteiger partial charge in [0.2, 0.25) is 5.91 Å². The van der Waals surface area contributed by atoms with E-state index in [1.54, 1.807) is 6.08 Å². The summed E-state index contributed by atoms with van der Waals surface area (Å²) >= 11 is 0. The van der Waals surface area contributed by atoms with Gasteiger partial charge in [-0.3, -0.25) is 9.59 Å². The normalized spacial score (nSPS) is 13.0. The molecule has 0 aliphatic carbocycles. The van der Waals surface area contributed by atoms with Crippen molar-refractivity contribution in [1.82, 2.24) is 5.32 Å². The Hall–Kier alpha value is -1.92. The van der Waals surface area contributed by atoms with E-state index in [0.717, 1.165) is 70.6 Å². The minimum Gasteiger partial charge on any atom is -0.466 e. The Labute approximate surface area is 353 Å². The smallest absolute Gasteiger partial charge is 0.305 e. The molecule has 0 rings (SSSR count). The molecule has 2 unspecified atom stereocenters. The summed E-state index contributed by atoms with van der Waals surface area (Å²) in [5.74, 6) is -0.139. The van der Waals surface area contributed by atoms with Crippen LogP contribution in [0.3, 0.4) is 0 Å². The molecule has 2 atom stereocenters. The van der Waals surface area contributed by atoms with E-state index in [1.807, 2.05) is 6.08 Å². The molecule has 6 nitrogen and oxygen atoms in total. The summed E-state index contributed by atoms with van der Waals surface area (Å²) in [4.78, 5) is 24.4. The van der Waals surface area contributed by atoms with E-state index in [-0.39, 0.29) is 18.5 Å². The molecule has 0 heterocycles. The summed E-state index contributed by atoms with van der Waals surface area (Å²) in [6, 6.07) is -0.649. The number of nitrogens with one attached hydrogen (secondary N) is 1. The highest BCUT2D eigenvalue weighted by molar-refractivity contribution is 5.76. The number of hydrogen-bond donors (Lipinski definition) is 3. The van der Waals surface area contributed by atoms with Crippen molar-refractivity contribution in [2.24, 2.45) is 0 Å². The Morgan fingerprint density at radius 2 is 0.877 bits per heavy atom. The Morgan fingerprint density at radius 1 is 0.491 bits per heavy atom. The van der Waals surface area contributed by atoms with Crippen LogP contribution < -0.4 is 5.32 Å². The zero-order chi connectivity index (χ0) is 41.5. The fourth-order valence-corrected chi connectivity index (χ4v) is 7.31. The predicted octanol–water partition coefficient (Wildman–Crippen LogP) is 14.5. The van der Waals surface area contributed by atoms with E-state index < -0.39 is 12.1 Å². The average molecular weight is 802 g/mol. The number of aliphatic hydroxyl groups excluding tert-OH is 2. The van der Waals surface area contributed by atoms with Crippen LogP contribution in [0.15, 0.2) is 36.5 Å². The number of hydrogen-bond acceptors (Lipinski definition) is 5. The van der Waals surface area contributed by atoms with Crippen molar-refractivity contribution < 1.29 is 24.5 Å². The van der Waals surface area contributed by atoms with Gasteiger partial charge < -0.3 is 20.3 Å².